The minimum Gasteiger partial charge on any atom is -0.381 e. The molecular formula is C12H12FNO. The van der Waals surface area contributed by atoms with Gasteiger partial charge in [-0.15, -0.1) is 0 Å². The lowest BCUT2D eigenvalue weighted by molar-refractivity contribution is 0.0943. The monoisotopic (exact) mass is 205 g/mol. The van der Waals surface area contributed by atoms with Gasteiger partial charge < -0.3 is 5.32 Å². The van der Waals surface area contributed by atoms with E-state index >= 15 is 0 Å². The Bertz CT molecular complexity index is 400. The molecule has 0 aliphatic carbocycles. The Morgan fingerprint density at radius 2 is 2.33 bits per heavy atom. The van der Waals surface area contributed by atoms with Crippen LogP contribution in [0, 0.1) is 5.82 Å². The first kappa shape index (κ1) is 9.90. The van der Waals surface area contributed by atoms with E-state index in [0.717, 1.165) is 12.8 Å². The van der Waals surface area contributed by atoms with E-state index in [4.69, 9.17) is 0 Å². The first-order valence-corrected chi connectivity index (χ1v) is 4.98. The van der Waals surface area contributed by atoms with E-state index in [1.54, 1.807) is 18.3 Å². The van der Waals surface area contributed by atoms with Gasteiger partial charge in [-0.2, -0.15) is 0 Å². The molecule has 0 bridgehead atoms. The first-order chi connectivity index (χ1) is 7.27. The standard InChI is InChI=1S/C12H12FNO/c13-10-5-3-4-9(8-10)12(15)11-6-1-2-7-14-11/h2-5,7-8,11,14H,1,6H2. The first-order valence-electron chi connectivity index (χ1n) is 4.98. The summed E-state index contributed by atoms with van der Waals surface area (Å²) in [6, 6.07) is 5.61. The molecule has 1 heterocycles. The molecule has 1 aliphatic rings. The number of halogens is 1. The summed E-state index contributed by atoms with van der Waals surface area (Å²) in [5.74, 6) is -0.411. The van der Waals surface area contributed by atoms with Crippen molar-refractivity contribution in [2.24, 2.45) is 0 Å². The van der Waals surface area contributed by atoms with Crippen molar-refractivity contribution in [2.75, 3.05) is 0 Å². The van der Waals surface area contributed by atoms with Gasteiger partial charge in [0.15, 0.2) is 5.78 Å². The van der Waals surface area contributed by atoms with Crippen LogP contribution in [0.2, 0.25) is 0 Å². The minimum absolute atomic E-state index is 0.0427. The van der Waals surface area contributed by atoms with Crippen molar-refractivity contribution in [1.82, 2.24) is 5.32 Å². The molecule has 0 spiro atoms. The quantitative estimate of drug-likeness (QED) is 0.750. The topological polar surface area (TPSA) is 29.1 Å². The molecule has 0 fully saturated rings. The molecule has 0 radical (unpaired) electrons. The Morgan fingerprint density at radius 3 is 3.00 bits per heavy atom. The van der Waals surface area contributed by atoms with Crippen molar-refractivity contribution >= 4 is 5.78 Å². The number of ketones is 1. The van der Waals surface area contributed by atoms with Crippen molar-refractivity contribution in [3.05, 3.63) is 47.9 Å². The van der Waals surface area contributed by atoms with Gasteiger partial charge in [0.1, 0.15) is 5.82 Å². The molecule has 0 aromatic heterocycles. The molecule has 0 saturated carbocycles. The molecule has 78 valence electrons. The smallest absolute Gasteiger partial charge is 0.185 e. The average molecular weight is 205 g/mol. The number of hydrogen-bond donors (Lipinski definition) is 1. The molecule has 3 heteroatoms. The highest BCUT2D eigenvalue weighted by atomic mass is 19.1. The van der Waals surface area contributed by atoms with Crippen molar-refractivity contribution in [1.29, 1.82) is 0 Å². The van der Waals surface area contributed by atoms with Crippen LogP contribution in [0.1, 0.15) is 23.2 Å². The number of Topliss-reactive ketones (excluding diaryl/α,β-unsaturated/α-hetero) is 1. The van der Waals surface area contributed by atoms with Crippen LogP contribution in [0.25, 0.3) is 0 Å². The minimum atomic E-state index is -0.368. The van der Waals surface area contributed by atoms with Gasteiger partial charge in [0.05, 0.1) is 6.04 Å². The molecule has 0 saturated heterocycles. The van der Waals surface area contributed by atoms with Crippen LogP contribution >= 0.6 is 0 Å². The SMILES string of the molecule is O=C(c1cccc(F)c1)C1CCC=CN1. The number of hydrogen-bond acceptors (Lipinski definition) is 2. The summed E-state index contributed by atoms with van der Waals surface area (Å²) < 4.78 is 12.9. The maximum absolute atomic E-state index is 12.9. The number of allylic oxidation sites excluding steroid dienone is 1. The van der Waals surface area contributed by atoms with E-state index in [9.17, 15) is 9.18 Å². The molecule has 0 amide bonds. The summed E-state index contributed by atoms with van der Waals surface area (Å²) >= 11 is 0. The van der Waals surface area contributed by atoms with Crippen LogP contribution < -0.4 is 5.32 Å². The van der Waals surface area contributed by atoms with E-state index in [2.05, 4.69) is 5.32 Å². The third-order valence-corrected chi connectivity index (χ3v) is 2.46. The van der Waals surface area contributed by atoms with Crippen LogP contribution in [0.4, 0.5) is 4.39 Å². The second-order valence-corrected chi connectivity index (χ2v) is 3.57. The zero-order valence-electron chi connectivity index (χ0n) is 8.24. The molecule has 2 rings (SSSR count). The predicted molar refractivity (Wildman–Crippen MR) is 56.0 cm³/mol. The maximum atomic E-state index is 12.9. The number of carbonyl (C=O) groups is 1. The van der Waals surface area contributed by atoms with Crippen molar-refractivity contribution in [3.8, 4) is 0 Å². The van der Waals surface area contributed by atoms with Crippen LogP contribution in [0.15, 0.2) is 36.5 Å². The molecular weight excluding hydrogens is 193 g/mol. The molecule has 1 aromatic rings. The normalized spacial score (nSPS) is 19.7. The second-order valence-electron chi connectivity index (χ2n) is 3.57. The Labute approximate surface area is 87.8 Å². The number of nitrogens with one attached hydrogen (secondary N) is 1. The molecule has 2 nitrogen and oxygen atoms in total. The fraction of sp³-hybridized carbons (Fsp3) is 0.250. The Balaban J connectivity index is 2.16. The summed E-state index contributed by atoms with van der Waals surface area (Å²) in [6.45, 7) is 0. The summed E-state index contributed by atoms with van der Waals surface area (Å²) in [5.41, 5.74) is 0.433. The van der Waals surface area contributed by atoms with Gasteiger partial charge in [0.2, 0.25) is 0 Å². The van der Waals surface area contributed by atoms with Crippen molar-refractivity contribution in [3.63, 3.8) is 0 Å². The lowest BCUT2D eigenvalue weighted by Gasteiger charge is -2.18. The lowest BCUT2D eigenvalue weighted by Crippen LogP contribution is -2.35. The second kappa shape index (κ2) is 4.26. The molecule has 15 heavy (non-hydrogen) atoms. The highest BCUT2D eigenvalue weighted by molar-refractivity contribution is 6.00. The Hall–Kier alpha value is -1.64. The van der Waals surface area contributed by atoms with Gasteiger partial charge in [0.25, 0.3) is 0 Å². The van der Waals surface area contributed by atoms with Gasteiger partial charge in [-0.25, -0.2) is 4.39 Å². The summed E-state index contributed by atoms with van der Waals surface area (Å²) in [5, 5.41) is 2.98. The third-order valence-electron chi connectivity index (χ3n) is 2.46. The van der Waals surface area contributed by atoms with Crippen LogP contribution in [-0.4, -0.2) is 11.8 Å². The fourth-order valence-corrected chi connectivity index (χ4v) is 1.66. The lowest BCUT2D eigenvalue weighted by atomic mass is 9.98. The third kappa shape index (κ3) is 2.24. The largest absolute Gasteiger partial charge is 0.381 e. The fourth-order valence-electron chi connectivity index (χ4n) is 1.66. The number of benzene rings is 1. The van der Waals surface area contributed by atoms with Gasteiger partial charge in [-0.1, -0.05) is 18.2 Å². The highest BCUT2D eigenvalue weighted by Crippen LogP contribution is 2.12. The summed E-state index contributed by atoms with van der Waals surface area (Å²) in [6.07, 6.45) is 5.42. The van der Waals surface area contributed by atoms with Gasteiger partial charge >= 0.3 is 0 Å². The van der Waals surface area contributed by atoms with Gasteiger partial charge in [0, 0.05) is 5.56 Å². The zero-order valence-corrected chi connectivity index (χ0v) is 8.24. The highest BCUT2D eigenvalue weighted by Gasteiger charge is 2.19. The van der Waals surface area contributed by atoms with Crippen LogP contribution in [0.3, 0.4) is 0 Å². The molecule has 1 aromatic carbocycles. The van der Waals surface area contributed by atoms with E-state index in [0.29, 0.717) is 5.56 Å². The van der Waals surface area contributed by atoms with Crippen molar-refractivity contribution < 1.29 is 9.18 Å². The summed E-state index contributed by atoms with van der Waals surface area (Å²) in [7, 11) is 0. The van der Waals surface area contributed by atoms with Gasteiger partial charge in [-0.05, 0) is 31.2 Å². The zero-order chi connectivity index (χ0) is 10.7. The van der Waals surface area contributed by atoms with E-state index in [1.165, 1.54) is 12.1 Å². The van der Waals surface area contributed by atoms with Crippen LogP contribution in [-0.2, 0) is 0 Å². The number of carbonyl (C=O) groups excluding carboxylic acids is 1. The number of rotatable bonds is 2. The van der Waals surface area contributed by atoms with Crippen LogP contribution in [0.5, 0.6) is 0 Å². The maximum Gasteiger partial charge on any atom is 0.185 e. The van der Waals surface area contributed by atoms with Crippen molar-refractivity contribution in [2.45, 2.75) is 18.9 Å². The summed E-state index contributed by atoms with van der Waals surface area (Å²) in [4.78, 5) is 11.9. The van der Waals surface area contributed by atoms with E-state index < -0.39 is 0 Å². The molecule has 1 aliphatic heterocycles. The Kier molecular flexibility index (Phi) is 2.81. The predicted octanol–water partition coefficient (Wildman–Crippen LogP) is 2.27. The van der Waals surface area contributed by atoms with E-state index in [1.807, 2.05) is 6.08 Å². The molecule has 1 unspecified atom stereocenters. The van der Waals surface area contributed by atoms with E-state index in [-0.39, 0.29) is 17.6 Å². The molecule has 1 N–H and O–H groups in total. The Morgan fingerprint density at radius 1 is 1.47 bits per heavy atom. The van der Waals surface area contributed by atoms with Gasteiger partial charge in [-0.3, -0.25) is 4.79 Å². The average Bonchev–Trinajstić information content (AvgIpc) is 2.29. The molecule has 1 atom stereocenters.